The van der Waals surface area contributed by atoms with Gasteiger partial charge in [-0.3, -0.25) is 4.90 Å². The Labute approximate surface area is 104 Å². The van der Waals surface area contributed by atoms with Crippen LogP contribution in [0.2, 0.25) is 0 Å². The topological polar surface area (TPSA) is 32.7 Å². The lowest BCUT2D eigenvalue weighted by Crippen LogP contribution is -2.25. The zero-order chi connectivity index (χ0) is 13.0. The molecular formula is C14H23NO2. The van der Waals surface area contributed by atoms with Gasteiger partial charge in [-0.1, -0.05) is 6.07 Å². The third-order valence-electron chi connectivity index (χ3n) is 3.09. The van der Waals surface area contributed by atoms with Crippen LogP contribution in [0.3, 0.4) is 0 Å². The Balaban J connectivity index is 2.97. The lowest BCUT2D eigenvalue weighted by molar-refractivity contribution is 0.198. The molecule has 0 spiro atoms. The van der Waals surface area contributed by atoms with E-state index >= 15 is 0 Å². The van der Waals surface area contributed by atoms with Gasteiger partial charge < -0.3 is 9.84 Å². The highest BCUT2D eigenvalue weighted by molar-refractivity contribution is 5.38. The first kappa shape index (κ1) is 14.0. The quantitative estimate of drug-likeness (QED) is 0.854. The highest BCUT2D eigenvalue weighted by Gasteiger charge is 2.11. The molecular weight excluding hydrogens is 214 g/mol. The Morgan fingerprint density at radius 3 is 2.41 bits per heavy atom. The Kier molecular flexibility index (Phi) is 4.97. The Morgan fingerprint density at radius 2 is 1.94 bits per heavy atom. The van der Waals surface area contributed by atoms with Crippen LogP contribution in [0.4, 0.5) is 0 Å². The molecule has 0 aliphatic carbocycles. The molecule has 0 bridgehead atoms. The molecule has 1 unspecified atom stereocenters. The summed E-state index contributed by atoms with van der Waals surface area (Å²) in [6.07, 6.45) is -0.441. The van der Waals surface area contributed by atoms with E-state index < -0.39 is 6.10 Å². The van der Waals surface area contributed by atoms with E-state index in [4.69, 9.17) is 4.74 Å². The summed E-state index contributed by atoms with van der Waals surface area (Å²) in [5.74, 6) is 0.877. The first-order valence-electron chi connectivity index (χ1n) is 6.00. The van der Waals surface area contributed by atoms with Gasteiger partial charge in [0.05, 0.1) is 13.2 Å². The molecule has 0 aliphatic heterocycles. The zero-order valence-corrected chi connectivity index (χ0v) is 11.4. The van der Waals surface area contributed by atoms with Crippen molar-refractivity contribution in [2.75, 3.05) is 14.2 Å². The summed E-state index contributed by atoms with van der Waals surface area (Å²) in [4.78, 5) is 2.24. The summed E-state index contributed by atoms with van der Waals surface area (Å²) in [5.41, 5.74) is 2.04. The molecule has 1 N–H and O–H groups in total. The molecule has 1 atom stereocenters. The maximum absolute atomic E-state index is 9.60. The molecule has 1 rings (SSSR count). The minimum Gasteiger partial charge on any atom is -0.496 e. The van der Waals surface area contributed by atoms with Crippen LogP contribution < -0.4 is 4.74 Å². The van der Waals surface area contributed by atoms with E-state index in [2.05, 4.69) is 25.8 Å². The Morgan fingerprint density at radius 1 is 1.29 bits per heavy atom. The van der Waals surface area contributed by atoms with E-state index in [1.807, 2.05) is 18.2 Å². The molecule has 0 aromatic heterocycles. The third-order valence-corrected chi connectivity index (χ3v) is 3.09. The van der Waals surface area contributed by atoms with Crippen molar-refractivity contribution >= 4 is 0 Å². The van der Waals surface area contributed by atoms with Gasteiger partial charge in [-0.15, -0.1) is 0 Å². The number of methoxy groups -OCH3 is 1. The molecule has 3 heteroatoms. The van der Waals surface area contributed by atoms with Gasteiger partial charge in [0.25, 0.3) is 0 Å². The molecule has 96 valence electrons. The van der Waals surface area contributed by atoms with E-state index in [1.54, 1.807) is 14.0 Å². The molecule has 0 saturated carbocycles. The summed E-state index contributed by atoms with van der Waals surface area (Å²) in [6, 6.07) is 6.32. The van der Waals surface area contributed by atoms with Crippen LogP contribution in [0.25, 0.3) is 0 Å². The SMILES string of the molecule is COc1ccc(C(C)O)cc1CN(C)C(C)C. The van der Waals surface area contributed by atoms with Crippen LogP contribution in [0.15, 0.2) is 18.2 Å². The summed E-state index contributed by atoms with van der Waals surface area (Å²) in [6.45, 7) is 6.91. The highest BCUT2D eigenvalue weighted by Crippen LogP contribution is 2.24. The van der Waals surface area contributed by atoms with Crippen LogP contribution >= 0.6 is 0 Å². The molecule has 0 amide bonds. The number of ether oxygens (including phenoxy) is 1. The van der Waals surface area contributed by atoms with E-state index in [0.29, 0.717) is 6.04 Å². The standard InChI is InChI=1S/C14H23NO2/c1-10(2)15(4)9-13-8-12(11(3)16)6-7-14(13)17-5/h6-8,10-11,16H,9H2,1-5H3. The molecule has 0 fully saturated rings. The Bertz CT molecular complexity index is 361. The number of benzene rings is 1. The average molecular weight is 237 g/mol. The summed E-state index contributed by atoms with van der Waals surface area (Å²) >= 11 is 0. The third kappa shape index (κ3) is 3.72. The van der Waals surface area contributed by atoms with Crippen molar-refractivity contribution < 1.29 is 9.84 Å². The van der Waals surface area contributed by atoms with E-state index in [-0.39, 0.29) is 0 Å². The molecule has 0 aliphatic rings. The molecule has 0 radical (unpaired) electrons. The van der Waals surface area contributed by atoms with E-state index in [0.717, 1.165) is 23.4 Å². The van der Waals surface area contributed by atoms with Gasteiger partial charge in [-0.25, -0.2) is 0 Å². The van der Waals surface area contributed by atoms with Gasteiger partial charge in [0, 0.05) is 18.2 Å². The van der Waals surface area contributed by atoms with E-state index in [9.17, 15) is 5.11 Å². The molecule has 17 heavy (non-hydrogen) atoms. The monoisotopic (exact) mass is 237 g/mol. The number of aliphatic hydroxyl groups excluding tert-OH is 1. The second-order valence-corrected chi connectivity index (χ2v) is 4.76. The number of nitrogens with zero attached hydrogens (tertiary/aromatic N) is 1. The van der Waals surface area contributed by atoms with Crippen LogP contribution in [-0.2, 0) is 6.54 Å². The summed E-state index contributed by atoms with van der Waals surface area (Å²) in [7, 11) is 3.76. The molecule has 0 saturated heterocycles. The average Bonchev–Trinajstić information content (AvgIpc) is 2.28. The summed E-state index contributed by atoms with van der Waals surface area (Å²) < 4.78 is 5.35. The highest BCUT2D eigenvalue weighted by atomic mass is 16.5. The lowest BCUT2D eigenvalue weighted by Gasteiger charge is -2.22. The maximum atomic E-state index is 9.60. The first-order chi connectivity index (χ1) is 7.95. The van der Waals surface area contributed by atoms with Crippen LogP contribution in [-0.4, -0.2) is 30.2 Å². The van der Waals surface area contributed by atoms with Crippen LogP contribution in [0.1, 0.15) is 38.0 Å². The Hall–Kier alpha value is -1.06. The lowest BCUT2D eigenvalue weighted by atomic mass is 10.1. The van der Waals surface area contributed by atoms with Crippen molar-refractivity contribution in [3.05, 3.63) is 29.3 Å². The van der Waals surface area contributed by atoms with Crippen molar-refractivity contribution in [1.29, 1.82) is 0 Å². The molecule has 1 aromatic rings. The summed E-state index contributed by atoms with van der Waals surface area (Å²) in [5, 5.41) is 9.60. The fourth-order valence-corrected chi connectivity index (χ4v) is 1.63. The predicted octanol–water partition coefficient (Wildman–Crippen LogP) is 2.59. The van der Waals surface area contributed by atoms with Crippen molar-refractivity contribution in [3.8, 4) is 5.75 Å². The van der Waals surface area contributed by atoms with Crippen LogP contribution in [0.5, 0.6) is 5.75 Å². The molecule has 0 heterocycles. The minimum absolute atomic E-state index is 0.441. The van der Waals surface area contributed by atoms with Gasteiger partial charge in [-0.2, -0.15) is 0 Å². The fraction of sp³-hybridized carbons (Fsp3) is 0.571. The van der Waals surface area contributed by atoms with Gasteiger partial charge in [0.1, 0.15) is 5.75 Å². The van der Waals surface area contributed by atoms with Crippen molar-refractivity contribution in [2.45, 2.75) is 39.5 Å². The zero-order valence-electron chi connectivity index (χ0n) is 11.4. The normalized spacial score (nSPS) is 13.2. The smallest absolute Gasteiger partial charge is 0.123 e. The maximum Gasteiger partial charge on any atom is 0.123 e. The number of hydrogen-bond donors (Lipinski definition) is 1. The second kappa shape index (κ2) is 6.03. The van der Waals surface area contributed by atoms with Gasteiger partial charge in [0.15, 0.2) is 0 Å². The van der Waals surface area contributed by atoms with Crippen LogP contribution in [0, 0.1) is 0 Å². The van der Waals surface area contributed by atoms with Gasteiger partial charge in [-0.05, 0) is 45.5 Å². The van der Waals surface area contributed by atoms with Gasteiger partial charge >= 0.3 is 0 Å². The number of hydrogen-bond acceptors (Lipinski definition) is 3. The minimum atomic E-state index is -0.441. The second-order valence-electron chi connectivity index (χ2n) is 4.76. The van der Waals surface area contributed by atoms with Crippen molar-refractivity contribution in [2.24, 2.45) is 0 Å². The largest absolute Gasteiger partial charge is 0.496 e. The van der Waals surface area contributed by atoms with Crippen molar-refractivity contribution in [1.82, 2.24) is 4.90 Å². The molecule has 1 aromatic carbocycles. The van der Waals surface area contributed by atoms with Crippen molar-refractivity contribution in [3.63, 3.8) is 0 Å². The number of rotatable bonds is 5. The number of aliphatic hydroxyl groups is 1. The van der Waals surface area contributed by atoms with Gasteiger partial charge in [0.2, 0.25) is 0 Å². The fourth-order valence-electron chi connectivity index (χ4n) is 1.63. The van der Waals surface area contributed by atoms with E-state index in [1.165, 1.54) is 0 Å². The first-order valence-corrected chi connectivity index (χ1v) is 6.00. The molecule has 3 nitrogen and oxygen atoms in total. The predicted molar refractivity (Wildman–Crippen MR) is 70.2 cm³/mol.